The van der Waals surface area contributed by atoms with E-state index in [0.29, 0.717) is 11.4 Å². The third-order valence-corrected chi connectivity index (χ3v) is 4.37. The second kappa shape index (κ2) is 9.80. The lowest BCUT2D eigenvalue weighted by Crippen LogP contribution is -2.27. The van der Waals surface area contributed by atoms with Gasteiger partial charge in [0.15, 0.2) is 0 Å². The molecule has 0 aliphatic carbocycles. The first-order valence-corrected chi connectivity index (χ1v) is 10.1. The van der Waals surface area contributed by atoms with E-state index in [-0.39, 0.29) is 18.4 Å². The van der Waals surface area contributed by atoms with Crippen LogP contribution in [-0.4, -0.2) is 18.4 Å². The second-order valence-corrected chi connectivity index (χ2v) is 8.13. The summed E-state index contributed by atoms with van der Waals surface area (Å²) in [6, 6.07) is 24.0. The molecule has 3 rings (SSSR count). The highest BCUT2D eigenvalue weighted by molar-refractivity contribution is 5.97. The highest BCUT2D eigenvalue weighted by Crippen LogP contribution is 2.23. The van der Waals surface area contributed by atoms with Crippen molar-refractivity contribution in [2.24, 2.45) is 5.41 Å². The molecule has 0 aromatic heterocycles. The smallest absolute Gasteiger partial charge is 0.243 e. The molecule has 0 heterocycles. The molecule has 3 N–H and O–H groups in total. The number of benzene rings is 3. The number of amides is 2. The van der Waals surface area contributed by atoms with E-state index in [4.69, 9.17) is 4.74 Å². The van der Waals surface area contributed by atoms with Crippen LogP contribution in [0, 0.1) is 5.41 Å². The molecule has 0 aliphatic heterocycles. The van der Waals surface area contributed by atoms with Crippen LogP contribution in [0.2, 0.25) is 0 Å². The lowest BCUT2D eigenvalue weighted by Gasteiger charge is -2.18. The number of para-hydroxylation sites is 1. The Balaban J connectivity index is 1.50. The van der Waals surface area contributed by atoms with Crippen LogP contribution >= 0.6 is 0 Å². The van der Waals surface area contributed by atoms with Gasteiger partial charge in [0.1, 0.15) is 11.5 Å². The Morgan fingerprint density at radius 2 is 1.35 bits per heavy atom. The fourth-order valence-electron chi connectivity index (χ4n) is 2.65. The average molecular weight is 418 g/mol. The summed E-state index contributed by atoms with van der Waals surface area (Å²) in [4.78, 5) is 24.4. The van der Waals surface area contributed by atoms with Gasteiger partial charge in [-0.05, 0) is 54.6 Å². The van der Waals surface area contributed by atoms with Crippen LogP contribution in [-0.2, 0) is 9.59 Å². The zero-order chi connectivity index (χ0) is 22.3. The second-order valence-electron chi connectivity index (χ2n) is 8.13. The van der Waals surface area contributed by atoms with Crippen molar-refractivity contribution in [2.45, 2.75) is 20.8 Å². The van der Waals surface area contributed by atoms with Crippen LogP contribution in [0.3, 0.4) is 0 Å². The fraction of sp³-hybridized carbons (Fsp3) is 0.200. The van der Waals surface area contributed by atoms with Crippen molar-refractivity contribution in [1.82, 2.24) is 0 Å². The molecule has 0 saturated carbocycles. The van der Waals surface area contributed by atoms with Crippen LogP contribution in [0.5, 0.6) is 11.5 Å². The number of carbonyl (C=O) groups is 2. The monoisotopic (exact) mass is 417 g/mol. The van der Waals surface area contributed by atoms with Crippen molar-refractivity contribution in [3.8, 4) is 11.5 Å². The van der Waals surface area contributed by atoms with Crippen LogP contribution in [0.4, 0.5) is 17.1 Å². The van der Waals surface area contributed by atoms with E-state index in [9.17, 15) is 9.59 Å². The molecule has 0 atom stereocenters. The maximum Gasteiger partial charge on any atom is 0.243 e. The quantitative estimate of drug-likeness (QED) is 0.473. The van der Waals surface area contributed by atoms with Crippen LogP contribution < -0.4 is 20.7 Å². The van der Waals surface area contributed by atoms with Gasteiger partial charge in [0.05, 0.1) is 6.54 Å². The third-order valence-electron chi connectivity index (χ3n) is 4.37. The first kappa shape index (κ1) is 21.9. The number of rotatable bonds is 7. The summed E-state index contributed by atoms with van der Waals surface area (Å²) in [5, 5.41) is 8.77. The van der Waals surface area contributed by atoms with Crippen molar-refractivity contribution in [3.63, 3.8) is 0 Å². The van der Waals surface area contributed by atoms with Crippen molar-refractivity contribution < 1.29 is 14.3 Å². The number of nitrogens with one attached hydrogen (secondary N) is 3. The normalized spacial score (nSPS) is 10.8. The summed E-state index contributed by atoms with van der Waals surface area (Å²) in [7, 11) is 0. The third kappa shape index (κ3) is 6.89. The van der Waals surface area contributed by atoms with E-state index in [1.165, 1.54) is 0 Å². The van der Waals surface area contributed by atoms with Crippen molar-refractivity contribution >= 4 is 28.9 Å². The SMILES string of the molecule is CC(C)(C)C(=O)Nc1cccc(NC(=O)CNc2ccc(Oc3ccccc3)cc2)c1. The summed E-state index contributed by atoms with van der Waals surface area (Å²) in [6.45, 7) is 5.65. The number of ether oxygens (including phenoxy) is 1. The Hall–Kier alpha value is -3.80. The van der Waals surface area contributed by atoms with Crippen LogP contribution in [0.15, 0.2) is 78.9 Å². The highest BCUT2D eigenvalue weighted by Gasteiger charge is 2.21. The zero-order valence-corrected chi connectivity index (χ0v) is 17.9. The molecule has 6 nitrogen and oxygen atoms in total. The van der Waals surface area contributed by atoms with E-state index >= 15 is 0 Å². The van der Waals surface area contributed by atoms with Gasteiger partial charge in [0, 0.05) is 22.5 Å². The standard InChI is InChI=1S/C25H27N3O3/c1-25(2,3)24(30)28-20-9-7-8-19(16-20)27-23(29)17-26-18-12-14-22(15-13-18)31-21-10-5-4-6-11-21/h4-16,26H,17H2,1-3H3,(H,27,29)(H,28,30). The maximum atomic E-state index is 12.3. The average Bonchev–Trinajstić information content (AvgIpc) is 2.73. The summed E-state index contributed by atoms with van der Waals surface area (Å²) in [5.74, 6) is 1.21. The van der Waals surface area contributed by atoms with Crippen LogP contribution in [0.25, 0.3) is 0 Å². The van der Waals surface area contributed by atoms with E-state index in [2.05, 4.69) is 16.0 Å². The summed E-state index contributed by atoms with van der Waals surface area (Å²) in [5.41, 5.74) is 1.57. The molecule has 3 aromatic rings. The number of hydrogen-bond acceptors (Lipinski definition) is 4. The molecule has 0 saturated heterocycles. The molecule has 0 fully saturated rings. The molecule has 0 unspecified atom stereocenters. The topological polar surface area (TPSA) is 79.5 Å². The molecule has 3 aromatic carbocycles. The summed E-state index contributed by atoms with van der Waals surface area (Å²) >= 11 is 0. The molecule has 0 spiro atoms. The molecule has 160 valence electrons. The molecule has 0 bridgehead atoms. The van der Waals surface area contributed by atoms with Gasteiger partial charge in [-0.3, -0.25) is 9.59 Å². The van der Waals surface area contributed by atoms with Crippen molar-refractivity contribution in [1.29, 1.82) is 0 Å². The summed E-state index contributed by atoms with van der Waals surface area (Å²) < 4.78 is 5.76. The van der Waals surface area contributed by atoms with Gasteiger partial charge in [0.2, 0.25) is 11.8 Å². The molecular weight excluding hydrogens is 390 g/mol. The molecule has 31 heavy (non-hydrogen) atoms. The number of hydrogen-bond donors (Lipinski definition) is 3. The van der Waals surface area contributed by atoms with Gasteiger partial charge < -0.3 is 20.7 Å². The first-order valence-electron chi connectivity index (χ1n) is 10.1. The van der Waals surface area contributed by atoms with Gasteiger partial charge in [-0.25, -0.2) is 0 Å². The Labute approximate surface area is 182 Å². The molecule has 0 radical (unpaired) electrons. The molecule has 2 amide bonds. The predicted octanol–water partition coefficient (Wildman–Crippen LogP) is 5.51. The minimum Gasteiger partial charge on any atom is -0.457 e. The number of carbonyl (C=O) groups excluding carboxylic acids is 2. The van der Waals surface area contributed by atoms with Crippen molar-refractivity contribution in [3.05, 3.63) is 78.9 Å². The lowest BCUT2D eigenvalue weighted by molar-refractivity contribution is -0.123. The first-order chi connectivity index (χ1) is 14.8. The highest BCUT2D eigenvalue weighted by atomic mass is 16.5. The molecule has 0 aliphatic rings. The molecular formula is C25H27N3O3. The predicted molar refractivity (Wildman–Crippen MR) is 125 cm³/mol. The van der Waals surface area contributed by atoms with Crippen molar-refractivity contribution in [2.75, 3.05) is 22.5 Å². The Kier molecular flexibility index (Phi) is 6.92. The van der Waals surface area contributed by atoms with E-state index in [1.807, 2.05) is 75.4 Å². The zero-order valence-electron chi connectivity index (χ0n) is 17.9. The van der Waals surface area contributed by atoms with Gasteiger partial charge in [-0.15, -0.1) is 0 Å². The molecule has 6 heteroatoms. The van der Waals surface area contributed by atoms with Gasteiger partial charge >= 0.3 is 0 Å². The largest absolute Gasteiger partial charge is 0.457 e. The minimum absolute atomic E-state index is 0.0858. The van der Waals surface area contributed by atoms with Gasteiger partial charge in [-0.1, -0.05) is 45.0 Å². The number of anilines is 3. The summed E-state index contributed by atoms with van der Waals surface area (Å²) in [6.07, 6.45) is 0. The van der Waals surface area contributed by atoms with Gasteiger partial charge in [-0.2, -0.15) is 0 Å². The van der Waals surface area contributed by atoms with E-state index in [1.54, 1.807) is 24.3 Å². The Bertz CT molecular complexity index is 1030. The van der Waals surface area contributed by atoms with Crippen LogP contribution in [0.1, 0.15) is 20.8 Å². The maximum absolute atomic E-state index is 12.3. The Morgan fingerprint density at radius 1 is 0.742 bits per heavy atom. The minimum atomic E-state index is -0.495. The fourth-order valence-corrected chi connectivity index (χ4v) is 2.65. The van der Waals surface area contributed by atoms with Gasteiger partial charge in [0.25, 0.3) is 0 Å². The lowest BCUT2D eigenvalue weighted by atomic mass is 9.95. The van der Waals surface area contributed by atoms with E-state index in [0.717, 1.165) is 17.2 Å². The van der Waals surface area contributed by atoms with E-state index < -0.39 is 5.41 Å². The Morgan fingerprint density at radius 3 is 2.00 bits per heavy atom.